The summed E-state index contributed by atoms with van der Waals surface area (Å²) in [6, 6.07) is 0.163. The van der Waals surface area contributed by atoms with Crippen LogP contribution in [0, 0.1) is 5.82 Å². The largest absolute Gasteiger partial charge is 0.416 e. The van der Waals surface area contributed by atoms with Gasteiger partial charge in [0.25, 0.3) is 6.43 Å². The monoisotopic (exact) mass is 312 g/mol. The Bertz CT molecular complexity index is 482. The number of rotatable bonds is 3. The Balaban J connectivity index is 2.44. The van der Waals surface area contributed by atoms with Crippen LogP contribution < -0.4 is 5.32 Å². The van der Waals surface area contributed by atoms with Crippen molar-refractivity contribution < 1.29 is 26.3 Å². The summed E-state index contributed by atoms with van der Waals surface area (Å²) in [7, 11) is 0. The van der Waals surface area contributed by atoms with Gasteiger partial charge in [0.2, 0.25) is 0 Å². The second-order valence-electron chi connectivity index (χ2n) is 4.79. The zero-order valence-electron chi connectivity index (χ0n) is 10.9. The van der Waals surface area contributed by atoms with Gasteiger partial charge >= 0.3 is 6.18 Å². The fourth-order valence-corrected chi connectivity index (χ4v) is 2.48. The van der Waals surface area contributed by atoms with Crippen molar-refractivity contribution in [2.24, 2.45) is 0 Å². The minimum absolute atomic E-state index is 0.212. The van der Waals surface area contributed by atoms with Gasteiger partial charge in [0.05, 0.1) is 11.6 Å². The molecule has 1 heterocycles. The average Bonchev–Trinajstić information content (AvgIpc) is 2.40. The number of benzene rings is 1. The predicted molar refractivity (Wildman–Crippen MR) is 64.6 cm³/mol. The second kappa shape index (κ2) is 6.23. The maximum Gasteiger partial charge on any atom is 0.416 e. The highest BCUT2D eigenvalue weighted by Crippen LogP contribution is 2.39. The van der Waals surface area contributed by atoms with Crippen LogP contribution >= 0.6 is 0 Å². The number of piperazine rings is 1. The van der Waals surface area contributed by atoms with Gasteiger partial charge in [-0.15, -0.1) is 0 Å². The van der Waals surface area contributed by atoms with Gasteiger partial charge in [0.1, 0.15) is 5.82 Å². The molecule has 0 bridgehead atoms. The van der Waals surface area contributed by atoms with Crippen molar-refractivity contribution in [2.75, 3.05) is 26.2 Å². The van der Waals surface area contributed by atoms with Crippen LogP contribution in [0.1, 0.15) is 17.2 Å². The smallest absolute Gasteiger partial charge is 0.314 e. The van der Waals surface area contributed by atoms with E-state index < -0.39 is 35.6 Å². The summed E-state index contributed by atoms with van der Waals surface area (Å²) in [6.45, 7) is 1.27. The van der Waals surface area contributed by atoms with E-state index >= 15 is 0 Å². The highest BCUT2D eigenvalue weighted by molar-refractivity contribution is 5.33. The summed E-state index contributed by atoms with van der Waals surface area (Å²) in [4.78, 5) is 1.30. The molecule has 1 saturated heterocycles. The normalized spacial score (nSPS) is 19.0. The van der Waals surface area contributed by atoms with Gasteiger partial charge in [-0.05, 0) is 17.7 Å². The Hall–Kier alpha value is -1.28. The first kappa shape index (κ1) is 16.1. The number of nitrogens with zero attached hydrogens (tertiary/aromatic N) is 1. The van der Waals surface area contributed by atoms with E-state index in [1.165, 1.54) is 4.90 Å². The van der Waals surface area contributed by atoms with E-state index in [9.17, 15) is 26.3 Å². The molecule has 0 amide bonds. The minimum atomic E-state index is -4.88. The summed E-state index contributed by atoms with van der Waals surface area (Å²) >= 11 is 0. The van der Waals surface area contributed by atoms with Crippen molar-refractivity contribution in [3.63, 3.8) is 0 Å². The maximum absolute atomic E-state index is 13.3. The highest BCUT2D eigenvalue weighted by atomic mass is 19.4. The molecule has 1 aromatic carbocycles. The van der Waals surface area contributed by atoms with E-state index in [1.54, 1.807) is 0 Å². The summed E-state index contributed by atoms with van der Waals surface area (Å²) < 4.78 is 78.6. The van der Waals surface area contributed by atoms with Gasteiger partial charge < -0.3 is 5.32 Å². The maximum atomic E-state index is 13.3. The van der Waals surface area contributed by atoms with Crippen molar-refractivity contribution in [3.8, 4) is 0 Å². The Kier molecular flexibility index (Phi) is 4.77. The van der Waals surface area contributed by atoms with Crippen LogP contribution in [-0.2, 0) is 6.18 Å². The van der Waals surface area contributed by atoms with Gasteiger partial charge in [-0.1, -0.05) is 6.07 Å². The molecule has 1 aliphatic heterocycles. The standard InChI is InChI=1S/C13H14F6N2/c14-8-1-2-9(10(7-8)13(17,18)19)11(12(15)16)21-5-3-20-4-6-21/h1-2,7,11-12,20H,3-6H2/t11-/m0/s1. The first-order valence-electron chi connectivity index (χ1n) is 6.40. The lowest BCUT2D eigenvalue weighted by Crippen LogP contribution is -2.47. The SMILES string of the molecule is Fc1ccc([C@@H](C(F)F)N2CCNCC2)c(C(F)(F)F)c1. The number of nitrogens with one attached hydrogen (secondary N) is 1. The van der Waals surface area contributed by atoms with Crippen LogP contribution in [-0.4, -0.2) is 37.5 Å². The fourth-order valence-electron chi connectivity index (χ4n) is 2.48. The third-order valence-corrected chi connectivity index (χ3v) is 3.42. The third kappa shape index (κ3) is 3.68. The first-order chi connectivity index (χ1) is 9.80. The number of halogens is 6. The van der Waals surface area contributed by atoms with Crippen LogP contribution in [0.5, 0.6) is 0 Å². The topological polar surface area (TPSA) is 15.3 Å². The lowest BCUT2D eigenvalue weighted by atomic mass is 9.98. The minimum Gasteiger partial charge on any atom is -0.314 e. The Morgan fingerprint density at radius 1 is 1.10 bits per heavy atom. The Morgan fingerprint density at radius 3 is 2.24 bits per heavy atom. The molecule has 0 unspecified atom stereocenters. The van der Waals surface area contributed by atoms with E-state index in [-0.39, 0.29) is 19.2 Å². The summed E-state index contributed by atoms with van der Waals surface area (Å²) in [5.74, 6) is -1.10. The molecule has 2 rings (SSSR count). The zero-order chi connectivity index (χ0) is 15.6. The highest BCUT2D eigenvalue weighted by Gasteiger charge is 2.40. The van der Waals surface area contributed by atoms with Crippen LogP contribution in [0.25, 0.3) is 0 Å². The molecule has 0 radical (unpaired) electrons. The van der Waals surface area contributed by atoms with Gasteiger partial charge in [-0.3, -0.25) is 4.90 Å². The van der Waals surface area contributed by atoms with Crippen LogP contribution in [0.2, 0.25) is 0 Å². The molecule has 118 valence electrons. The molecule has 0 saturated carbocycles. The van der Waals surface area contributed by atoms with E-state index in [1.807, 2.05) is 0 Å². The molecular weight excluding hydrogens is 298 g/mol. The van der Waals surface area contributed by atoms with Crippen molar-refractivity contribution in [3.05, 3.63) is 35.1 Å². The zero-order valence-corrected chi connectivity index (χ0v) is 10.9. The molecule has 8 heteroatoms. The van der Waals surface area contributed by atoms with Crippen LogP contribution in [0.4, 0.5) is 26.3 Å². The Morgan fingerprint density at radius 2 is 1.71 bits per heavy atom. The van der Waals surface area contributed by atoms with Crippen LogP contribution in [0.15, 0.2) is 18.2 Å². The van der Waals surface area contributed by atoms with E-state index in [0.29, 0.717) is 13.1 Å². The van der Waals surface area contributed by atoms with E-state index in [2.05, 4.69) is 5.32 Å². The molecule has 1 atom stereocenters. The van der Waals surface area contributed by atoms with Crippen LogP contribution in [0.3, 0.4) is 0 Å². The molecule has 1 aromatic rings. The molecular formula is C13H14F6N2. The molecule has 1 aliphatic rings. The van der Waals surface area contributed by atoms with Crippen molar-refractivity contribution in [1.82, 2.24) is 10.2 Å². The third-order valence-electron chi connectivity index (χ3n) is 3.42. The summed E-state index contributed by atoms with van der Waals surface area (Å²) in [6.07, 6.45) is -7.87. The van der Waals surface area contributed by atoms with E-state index in [0.717, 1.165) is 12.1 Å². The van der Waals surface area contributed by atoms with Gasteiger partial charge in [-0.25, -0.2) is 13.2 Å². The van der Waals surface area contributed by atoms with E-state index in [4.69, 9.17) is 0 Å². The molecule has 2 nitrogen and oxygen atoms in total. The number of hydrogen-bond acceptors (Lipinski definition) is 2. The number of alkyl halides is 5. The molecule has 0 spiro atoms. The molecule has 0 aliphatic carbocycles. The second-order valence-corrected chi connectivity index (χ2v) is 4.79. The quantitative estimate of drug-likeness (QED) is 0.863. The lowest BCUT2D eigenvalue weighted by molar-refractivity contribution is -0.139. The molecule has 1 N–H and O–H groups in total. The first-order valence-corrected chi connectivity index (χ1v) is 6.40. The molecule has 0 aromatic heterocycles. The Labute approximate surface area is 117 Å². The average molecular weight is 312 g/mol. The van der Waals surface area contributed by atoms with Gasteiger partial charge in [0, 0.05) is 26.2 Å². The summed E-state index contributed by atoms with van der Waals surface area (Å²) in [5.41, 5.74) is -1.92. The van der Waals surface area contributed by atoms with Gasteiger partial charge in [-0.2, -0.15) is 13.2 Å². The predicted octanol–water partition coefficient (Wildman–Crippen LogP) is 3.06. The fraction of sp³-hybridized carbons (Fsp3) is 0.538. The summed E-state index contributed by atoms with van der Waals surface area (Å²) in [5, 5.41) is 2.95. The van der Waals surface area contributed by atoms with Crippen molar-refractivity contribution in [2.45, 2.75) is 18.6 Å². The van der Waals surface area contributed by atoms with Crippen molar-refractivity contribution >= 4 is 0 Å². The number of hydrogen-bond donors (Lipinski definition) is 1. The van der Waals surface area contributed by atoms with Crippen molar-refractivity contribution in [1.29, 1.82) is 0 Å². The molecule has 1 fully saturated rings. The lowest BCUT2D eigenvalue weighted by Gasteiger charge is -2.35. The molecule has 21 heavy (non-hydrogen) atoms. The van der Waals surface area contributed by atoms with Gasteiger partial charge in [0.15, 0.2) is 0 Å².